The monoisotopic (exact) mass is 288 g/mol. The second-order valence-corrected chi connectivity index (χ2v) is 5.45. The lowest BCUT2D eigenvalue weighted by Crippen LogP contribution is -2.33. The third kappa shape index (κ3) is 3.44. The van der Waals surface area contributed by atoms with Gasteiger partial charge in [-0.05, 0) is 54.0 Å². The summed E-state index contributed by atoms with van der Waals surface area (Å²) in [4.78, 5) is 6.78. The van der Waals surface area contributed by atoms with E-state index in [9.17, 15) is 0 Å². The number of piperidine rings is 1. The van der Waals surface area contributed by atoms with E-state index in [0.717, 1.165) is 42.6 Å². The third-order valence-electron chi connectivity index (χ3n) is 2.69. The predicted molar refractivity (Wildman–Crippen MR) is 66.1 cm³/mol. The summed E-state index contributed by atoms with van der Waals surface area (Å²) < 4.78 is 1.03. The highest BCUT2D eigenvalue weighted by Gasteiger charge is 2.17. The van der Waals surface area contributed by atoms with E-state index in [0.29, 0.717) is 5.38 Å². The first-order valence-corrected chi connectivity index (χ1v) is 6.44. The summed E-state index contributed by atoms with van der Waals surface area (Å²) >= 11 is 9.44. The summed E-state index contributed by atoms with van der Waals surface area (Å²) in [5.41, 5.74) is 1.13. The maximum atomic E-state index is 6.06. The van der Waals surface area contributed by atoms with Gasteiger partial charge in [-0.2, -0.15) is 0 Å². The fourth-order valence-electron chi connectivity index (χ4n) is 1.79. The van der Waals surface area contributed by atoms with Gasteiger partial charge in [0.2, 0.25) is 0 Å². The Kier molecular flexibility index (Phi) is 4.00. The second-order valence-electron chi connectivity index (χ2n) is 3.92. The van der Waals surface area contributed by atoms with Gasteiger partial charge in [0, 0.05) is 22.6 Å². The van der Waals surface area contributed by atoms with Crippen molar-refractivity contribution in [3.63, 3.8) is 0 Å². The van der Waals surface area contributed by atoms with E-state index < -0.39 is 0 Å². The minimum atomic E-state index is 0.374. The molecule has 15 heavy (non-hydrogen) atoms. The number of rotatable bonds is 2. The largest absolute Gasteiger partial charge is 0.297 e. The number of pyridine rings is 1. The van der Waals surface area contributed by atoms with E-state index in [1.165, 1.54) is 0 Å². The van der Waals surface area contributed by atoms with Crippen LogP contribution >= 0.6 is 27.5 Å². The topological polar surface area (TPSA) is 16.1 Å². The van der Waals surface area contributed by atoms with E-state index >= 15 is 0 Å². The van der Waals surface area contributed by atoms with Gasteiger partial charge in [-0.1, -0.05) is 0 Å². The van der Waals surface area contributed by atoms with Crippen LogP contribution in [0.4, 0.5) is 0 Å². The number of likely N-dealkylation sites (tertiary alicyclic amines) is 1. The molecule has 0 N–H and O–H groups in total. The van der Waals surface area contributed by atoms with Gasteiger partial charge < -0.3 is 0 Å². The van der Waals surface area contributed by atoms with Gasteiger partial charge >= 0.3 is 0 Å². The van der Waals surface area contributed by atoms with Gasteiger partial charge in [0.15, 0.2) is 0 Å². The summed E-state index contributed by atoms with van der Waals surface area (Å²) in [5.74, 6) is 0. The number of hydrogen-bond donors (Lipinski definition) is 0. The van der Waals surface area contributed by atoms with Crippen molar-refractivity contribution >= 4 is 27.5 Å². The van der Waals surface area contributed by atoms with Gasteiger partial charge in [-0.15, -0.1) is 11.6 Å². The van der Waals surface area contributed by atoms with Gasteiger partial charge in [-0.25, -0.2) is 0 Å². The third-order valence-corrected chi connectivity index (χ3v) is 3.60. The lowest BCUT2D eigenvalue weighted by Gasteiger charge is -2.28. The van der Waals surface area contributed by atoms with Crippen LogP contribution in [0.15, 0.2) is 22.8 Å². The minimum absolute atomic E-state index is 0.374. The molecule has 2 nitrogen and oxygen atoms in total. The molecular formula is C11H14BrClN2. The quantitative estimate of drug-likeness (QED) is 0.778. The Morgan fingerprint density at radius 3 is 2.73 bits per heavy atom. The highest BCUT2D eigenvalue weighted by Crippen LogP contribution is 2.17. The zero-order valence-corrected chi connectivity index (χ0v) is 10.8. The molecule has 1 aromatic rings. The van der Waals surface area contributed by atoms with Crippen LogP contribution in [-0.2, 0) is 6.54 Å². The molecule has 1 fully saturated rings. The summed E-state index contributed by atoms with van der Waals surface area (Å²) in [6.07, 6.45) is 4.04. The van der Waals surface area contributed by atoms with Crippen molar-refractivity contribution in [1.82, 2.24) is 9.88 Å². The molecule has 0 aliphatic carbocycles. The van der Waals surface area contributed by atoms with Crippen LogP contribution in [0.5, 0.6) is 0 Å². The fraction of sp³-hybridized carbons (Fsp3) is 0.545. The van der Waals surface area contributed by atoms with Gasteiger partial charge in [-0.3, -0.25) is 9.88 Å². The van der Waals surface area contributed by atoms with Crippen LogP contribution in [0, 0.1) is 0 Å². The minimum Gasteiger partial charge on any atom is -0.297 e. The summed E-state index contributed by atoms with van der Waals surface area (Å²) in [5, 5.41) is 0.374. The van der Waals surface area contributed by atoms with E-state index in [1.54, 1.807) is 0 Å². The highest BCUT2D eigenvalue weighted by molar-refractivity contribution is 9.10. The Morgan fingerprint density at radius 1 is 1.40 bits per heavy atom. The van der Waals surface area contributed by atoms with Gasteiger partial charge in [0.05, 0.1) is 5.69 Å². The number of hydrogen-bond acceptors (Lipinski definition) is 2. The Hall–Kier alpha value is -0.120. The van der Waals surface area contributed by atoms with E-state index in [4.69, 9.17) is 11.6 Å². The number of aromatic nitrogens is 1. The van der Waals surface area contributed by atoms with E-state index in [1.807, 2.05) is 12.3 Å². The van der Waals surface area contributed by atoms with Crippen LogP contribution in [0.3, 0.4) is 0 Å². The lowest BCUT2D eigenvalue weighted by molar-refractivity contribution is 0.221. The molecule has 0 bridgehead atoms. The molecule has 0 radical (unpaired) electrons. The molecule has 1 aromatic heterocycles. The first kappa shape index (κ1) is 11.4. The van der Waals surface area contributed by atoms with Crippen molar-refractivity contribution in [1.29, 1.82) is 0 Å². The van der Waals surface area contributed by atoms with Crippen molar-refractivity contribution in [3.05, 3.63) is 28.5 Å². The molecule has 0 spiro atoms. The molecular weight excluding hydrogens is 275 g/mol. The number of alkyl halides is 1. The van der Waals surface area contributed by atoms with E-state index in [2.05, 4.69) is 31.9 Å². The molecule has 1 saturated heterocycles. The normalized spacial score (nSPS) is 19.3. The molecule has 2 rings (SSSR count). The van der Waals surface area contributed by atoms with Crippen molar-refractivity contribution in [3.8, 4) is 0 Å². The van der Waals surface area contributed by atoms with Crippen LogP contribution in [0.25, 0.3) is 0 Å². The molecule has 1 aliphatic rings. The Balaban J connectivity index is 1.89. The van der Waals surface area contributed by atoms with Crippen LogP contribution in [0.1, 0.15) is 18.5 Å². The summed E-state index contributed by atoms with van der Waals surface area (Å²) in [7, 11) is 0. The zero-order valence-electron chi connectivity index (χ0n) is 8.50. The Labute approximate surface area is 104 Å². The van der Waals surface area contributed by atoms with Crippen LogP contribution in [-0.4, -0.2) is 28.4 Å². The Bertz CT molecular complexity index is 307. The lowest BCUT2D eigenvalue weighted by atomic mass is 10.1. The average molecular weight is 290 g/mol. The molecule has 0 aromatic carbocycles. The van der Waals surface area contributed by atoms with Gasteiger partial charge in [0.1, 0.15) is 0 Å². The fourth-order valence-corrected chi connectivity index (χ4v) is 2.22. The van der Waals surface area contributed by atoms with E-state index in [-0.39, 0.29) is 0 Å². The molecule has 0 amide bonds. The standard InChI is InChI=1S/C11H14BrClN2/c12-9-1-2-11(14-7-9)8-15-5-3-10(13)4-6-15/h1-2,7,10H,3-6,8H2. The molecule has 0 unspecified atom stereocenters. The first-order valence-electron chi connectivity index (χ1n) is 5.21. The predicted octanol–water partition coefficient (Wildman–Crippen LogP) is 3.05. The molecule has 2 heterocycles. The highest BCUT2D eigenvalue weighted by atomic mass is 79.9. The van der Waals surface area contributed by atoms with Crippen molar-refractivity contribution in [2.24, 2.45) is 0 Å². The van der Waals surface area contributed by atoms with Crippen molar-refractivity contribution in [2.45, 2.75) is 24.8 Å². The molecule has 0 saturated carbocycles. The van der Waals surface area contributed by atoms with Crippen LogP contribution in [0.2, 0.25) is 0 Å². The smallest absolute Gasteiger partial charge is 0.0544 e. The maximum absolute atomic E-state index is 6.06. The molecule has 4 heteroatoms. The number of nitrogens with zero attached hydrogens (tertiary/aromatic N) is 2. The summed E-state index contributed by atoms with van der Waals surface area (Å²) in [6, 6.07) is 4.10. The molecule has 0 atom stereocenters. The average Bonchev–Trinajstić information content (AvgIpc) is 2.25. The first-order chi connectivity index (χ1) is 7.24. The van der Waals surface area contributed by atoms with Crippen LogP contribution < -0.4 is 0 Å². The second kappa shape index (κ2) is 5.28. The molecule has 82 valence electrons. The SMILES string of the molecule is ClC1CCN(Cc2ccc(Br)cn2)CC1. The van der Waals surface area contributed by atoms with Crippen molar-refractivity contribution in [2.75, 3.05) is 13.1 Å². The molecule has 1 aliphatic heterocycles. The zero-order chi connectivity index (χ0) is 10.7. The summed E-state index contributed by atoms with van der Waals surface area (Å²) in [6.45, 7) is 3.12. The maximum Gasteiger partial charge on any atom is 0.0544 e. The van der Waals surface area contributed by atoms with Crippen molar-refractivity contribution < 1.29 is 0 Å². The Morgan fingerprint density at radius 2 is 2.13 bits per heavy atom. The van der Waals surface area contributed by atoms with Gasteiger partial charge in [0.25, 0.3) is 0 Å². The number of halogens is 2.